The molecule has 1 heterocycles. The summed E-state index contributed by atoms with van der Waals surface area (Å²) in [5, 5.41) is 8.53. The first-order valence-corrected chi connectivity index (χ1v) is 7.86. The fraction of sp³-hybridized carbons (Fsp3) is 0.933. The Kier molecular flexibility index (Phi) is 5.64. The van der Waals surface area contributed by atoms with Crippen molar-refractivity contribution in [1.29, 1.82) is 5.41 Å². The van der Waals surface area contributed by atoms with Crippen LogP contribution in [0.25, 0.3) is 0 Å². The third kappa shape index (κ3) is 3.93. The van der Waals surface area contributed by atoms with Gasteiger partial charge in [-0.2, -0.15) is 0 Å². The molecule has 0 aromatic carbocycles. The average Bonchev–Trinajstić information content (AvgIpc) is 2.46. The second-order valence-electron chi connectivity index (χ2n) is 5.95. The van der Waals surface area contributed by atoms with Crippen molar-refractivity contribution >= 4 is 5.84 Å². The van der Waals surface area contributed by atoms with Gasteiger partial charge < -0.3 is 14.5 Å². The largest absolute Gasteiger partial charge is 0.370 e. The molecule has 19 heavy (non-hydrogen) atoms. The van der Waals surface area contributed by atoms with E-state index in [1.165, 1.54) is 32.1 Å². The van der Waals surface area contributed by atoms with E-state index >= 15 is 0 Å². The predicted molar refractivity (Wildman–Crippen MR) is 78.8 cm³/mol. The van der Waals surface area contributed by atoms with Crippen molar-refractivity contribution in [3.05, 3.63) is 0 Å². The molecule has 4 nitrogen and oxygen atoms in total. The number of likely N-dealkylation sites (N-methyl/N-ethyl adjacent to an activating group) is 1. The molecule has 0 bridgehead atoms. The zero-order chi connectivity index (χ0) is 13.7. The Labute approximate surface area is 117 Å². The van der Waals surface area contributed by atoms with Gasteiger partial charge in [0.1, 0.15) is 11.9 Å². The van der Waals surface area contributed by atoms with Gasteiger partial charge in [-0.1, -0.05) is 19.3 Å². The summed E-state index contributed by atoms with van der Waals surface area (Å²) in [6.45, 7) is 6.85. The molecule has 1 N–H and O–H groups in total. The zero-order valence-corrected chi connectivity index (χ0v) is 12.5. The van der Waals surface area contributed by atoms with Crippen LogP contribution in [0, 0.1) is 11.3 Å². The first-order valence-electron chi connectivity index (χ1n) is 7.86. The molecule has 2 rings (SSSR count). The van der Waals surface area contributed by atoms with Crippen molar-refractivity contribution in [2.45, 2.75) is 45.1 Å². The lowest BCUT2D eigenvalue weighted by atomic mass is 9.84. The topological polar surface area (TPSA) is 39.6 Å². The molecule has 1 saturated carbocycles. The second kappa shape index (κ2) is 7.25. The lowest BCUT2D eigenvalue weighted by molar-refractivity contribution is 0.0410. The third-order valence-electron chi connectivity index (χ3n) is 4.54. The molecular formula is C15H29N3O. The summed E-state index contributed by atoms with van der Waals surface area (Å²) >= 11 is 0. The molecule has 110 valence electrons. The van der Waals surface area contributed by atoms with Gasteiger partial charge in [0, 0.05) is 32.8 Å². The molecule has 4 heteroatoms. The Morgan fingerprint density at radius 2 is 1.79 bits per heavy atom. The van der Waals surface area contributed by atoms with Crippen LogP contribution in [0.1, 0.15) is 39.0 Å². The van der Waals surface area contributed by atoms with E-state index in [4.69, 9.17) is 10.1 Å². The molecule has 0 aromatic rings. The van der Waals surface area contributed by atoms with Gasteiger partial charge in [-0.3, -0.25) is 5.41 Å². The molecule has 2 fully saturated rings. The molecule has 0 radical (unpaired) electrons. The highest BCUT2D eigenvalue weighted by Gasteiger charge is 2.31. The Hall–Kier alpha value is -0.610. The van der Waals surface area contributed by atoms with Gasteiger partial charge in [0.25, 0.3) is 0 Å². The summed E-state index contributed by atoms with van der Waals surface area (Å²) in [5.74, 6) is 1.31. The van der Waals surface area contributed by atoms with Crippen LogP contribution in [0.15, 0.2) is 0 Å². The number of piperazine rings is 1. The van der Waals surface area contributed by atoms with Gasteiger partial charge in [-0.05, 0) is 32.7 Å². The lowest BCUT2D eigenvalue weighted by Gasteiger charge is -2.39. The number of nitrogens with zero attached hydrogens (tertiary/aromatic N) is 2. The highest BCUT2D eigenvalue weighted by Crippen LogP contribution is 2.29. The van der Waals surface area contributed by atoms with Crippen molar-refractivity contribution in [2.24, 2.45) is 5.92 Å². The van der Waals surface area contributed by atoms with Gasteiger partial charge in [-0.15, -0.1) is 0 Å². The maximum Gasteiger partial charge on any atom is 0.126 e. The predicted octanol–water partition coefficient (Wildman–Crippen LogP) is 2.20. The Balaban J connectivity index is 1.95. The van der Waals surface area contributed by atoms with Gasteiger partial charge in [0.05, 0.1) is 0 Å². The standard InChI is InChI=1S/C15H29N3O/c1-3-19-14(13-7-5-4-6-8-13)15(16)18-11-9-17(2)10-12-18/h13-14,16H,3-12H2,1-2H3. The van der Waals surface area contributed by atoms with E-state index in [2.05, 4.69) is 16.8 Å². The maximum atomic E-state index is 8.53. The van der Waals surface area contributed by atoms with Gasteiger partial charge >= 0.3 is 0 Å². The van der Waals surface area contributed by atoms with Crippen molar-refractivity contribution in [1.82, 2.24) is 9.80 Å². The maximum absolute atomic E-state index is 8.53. The minimum absolute atomic E-state index is 0.0358. The number of amidine groups is 1. The van der Waals surface area contributed by atoms with Crippen LogP contribution in [0.4, 0.5) is 0 Å². The summed E-state index contributed by atoms with van der Waals surface area (Å²) in [5.41, 5.74) is 0. The van der Waals surface area contributed by atoms with E-state index in [-0.39, 0.29) is 6.10 Å². The van der Waals surface area contributed by atoms with E-state index in [1.807, 2.05) is 6.92 Å². The number of ether oxygens (including phenoxy) is 1. The molecule has 0 aromatic heterocycles. The summed E-state index contributed by atoms with van der Waals surface area (Å²) in [6.07, 6.45) is 6.49. The van der Waals surface area contributed by atoms with Crippen LogP contribution in [-0.2, 0) is 4.74 Å². The van der Waals surface area contributed by atoms with Gasteiger partial charge in [0.15, 0.2) is 0 Å². The van der Waals surface area contributed by atoms with E-state index in [9.17, 15) is 0 Å². The van der Waals surface area contributed by atoms with Gasteiger partial charge in [-0.25, -0.2) is 0 Å². The van der Waals surface area contributed by atoms with Gasteiger partial charge in [0.2, 0.25) is 0 Å². The van der Waals surface area contributed by atoms with Crippen molar-refractivity contribution in [3.63, 3.8) is 0 Å². The second-order valence-corrected chi connectivity index (χ2v) is 5.95. The average molecular weight is 267 g/mol. The van der Waals surface area contributed by atoms with Crippen LogP contribution in [-0.4, -0.2) is 61.6 Å². The number of hydrogen-bond acceptors (Lipinski definition) is 3. The molecular weight excluding hydrogens is 238 g/mol. The van der Waals surface area contributed by atoms with Crippen LogP contribution in [0.3, 0.4) is 0 Å². The van der Waals surface area contributed by atoms with Crippen molar-refractivity contribution in [3.8, 4) is 0 Å². The molecule has 0 spiro atoms. The van der Waals surface area contributed by atoms with Crippen molar-refractivity contribution < 1.29 is 4.74 Å². The molecule has 1 unspecified atom stereocenters. The SMILES string of the molecule is CCOC(C(=N)N1CCN(C)CC1)C1CCCCC1. The summed E-state index contributed by atoms with van der Waals surface area (Å²) in [4.78, 5) is 4.56. The van der Waals surface area contributed by atoms with Crippen LogP contribution < -0.4 is 0 Å². The van der Waals surface area contributed by atoms with E-state index < -0.39 is 0 Å². The number of rotatable bonds is 4. The molecule has 1 aliphatic heterocycles. The number of hydrogen-bond donors (Lipinski definition) is 1. The Morgan fingerprint density at radius 1 is 1.16 bits per heavy atom. The number of nitrogens with one attached hydrogen (secondary N) is 1. The fourth-order valence-electron chi connectivity index (χ4n) is 3.28. The highest BCUT2D eigenvalue weighted by molar-refractivity contribution is 5.84. The monoisotopic (exact) mass is 267 g/mol. The minimum atomic E-state index is 0.0358. The summed E-state index contributed by atoms with van der Waals surface area (Å²) < 4.78 is 5.94. The normalized spacial score (nSPS) is 24.4. The highest BCUT2D eigenvalue weighted by atomic mass is 16.5. The minimum Gasteiger partial charge on any atom is -0.370 e. The first kappa shape index (κ1) is 14.8. The summed E-state index contributed by atoms with van der Waals surface area (Å²) in [6, 6.07) is 0. The zero-order valence-electron chi connectivity index (χ0n) is 12.5. The van der Waals surface area contributed by atoms with Crippen LogP contribution in [0.5, 0.6) is 0 Å². The molecule has 1 atom stereocenters. The lowest BCUT2D eigenvalue weighted by Crippen LogP contribution is -2.52. The molecule has 1 aliphatic carbocycles. The van der Waals surface area contributed by atoms with E-state index in [1.54, 1.807) is 0 Å². The summed E-state index contributed by atoms with van der Waals surface area (Å²) in [7, 11) is 2.15. The van der Waals surface area contributed by atoms with E-state index in [0.29, 0.717) is 5.92 Å². The molecule has 0 amide bonds. The quantitative estimate of drug-likeness (QED) is 0.627. The molecule has 1 saturated heterocycles. The Bertz CT molecular complexity index is 281. The van der Waals surface area contributed by atoms with Crippen molar-refractivity contribution in [2.75, 3.05) is 39.8 Å². The third-order valence-corrected chi connectivity index (χ3v) is 4.54. The van der Waals surface area contributed by atoms with E-state index in [0.717, 1.165) is 38.6 Å². The first-order chi connectivity index (χ1) is 9.22. The smallest absolute Gasteiger partial charge is 0.126 e. The van der Waals surface area contributed by atoms with Crippen LogP contribution >= 0.6 is 0 Å². The Morgan fingerprint density at radius 3 is 2.37 bits per heavy atom. The fourth-order valence-corrected chi connectivity index (χ4v) is 3.28. The molecule has 2 aliphatic rings. The van der Waals surface area contributed by atoms with Crippen LogP contribution in [0.2, 0.25) is 0 Å².